The molecule has 0 radical (unpaired) electrons. The van der Waals surface area contributed by atoms with E-state index in [1.54, 1.807) is 11.8 Å². The zero-order chi connectivity index (χ0) is 13.7. The summed E-state index contributed by atoms with van der Waals surface area (Å²) in [6.07, 6.45) is 2.22. The van der Waals surface area contributed by atoms with E-state index >= 15 is 0 Å². The summed E-state index contributed by atoms with van der Waals surface area (Å²) in [6, 6.07) is 7.98. The van der Waals surface area contributed by atoms with Crippen molar-refractivity contribution in [3.8, 4) is 0 Å². The molecule has 1 aromatic carbocycles. The first kappa shape index (κ1) is 14.7. The molecule has 1 fully saturated rings. The number of carbonyl (C=O) groups is 1. The minimum absolute atomic E-state index is 0.234. The molecule has 0 aliphatic carbocycles. The predicted molar refractivity (Wildman–Crippen MR) is 80.8 cm³/mol. The van der Waals surface area contributed by atoms with Gasteiger partial charge in [0.2, 0.25) is 5.91 Å². The van der Waals surface area contributed by atoms with E-state index in [2.05, 4.69) is 5.32 Å². The first-order chi connectivity index (χ1) is 9.20. The van der Waals surface area contributed by atoms with E-state index in [9.17, 15) is 4.79 Å². The average Bonchev–Trinajstić information content (AvgIpc) is 2.86. The number of halogens is 1. The molecule has 1 unspecified atom stereocenters. The molecular weight excluding hydrogens is 280 g/mol. The van der Waals surface area contributed by atoms with Crippen LogP contribution >= 0.6 is 23.4 Å². The monoisotopic (exact) mass is 298 g/mol. The molecule has 1 atom stereocenters. The number of hydrogen-bond acceptors (Lipinski definition) is 3. The van der Waals surface area contributed by atoms with Crippen LogP contribution in [0.4, 0.5) is 0 Å². The molecule has 19 heavy (non-hydrogen) atoms. The van der Waals surface area contributed by atoms with Crippen LogP contribution < -0.4 is 5.32 Å². The highest BCUT2D eigenvalue weighted by molar-refractivity contribution is 8.00. The Morgan fingerprint density at radius 1 is 1.47 bits per heavy atom. The fourth-order valence-corrected chi connectivity index (χ4v) is 3.28. The molecule has 1 aliphatic rings. The maximum absolute atomic E-state index is 12.2. The van der Waals surface area contributed by atoms with Gasteiger partial charge in [-0.2, -0.15) is 0 Å². The van der Waals surface area contributed by atoms with Crippen LogP contribution in [-0.4, -0.2) is 42.7 Å². The number of rotatable bonds is 5. The number of amides is 1. The predicted octanol–water partition coefficient (Wildman–Crippen LogP) is 2.64. The molecule has 1 saturated heterocycles. The number of nitrogens with zero attached hydrogens (tertiary/aromatic N) is 1. The number of nitrogens with one attached hydrogen (secondary N) is 1. The van der Waals surface area contributed by atoms with Crippen LogP contribution in [0.25, 0.3) is 0 Å². The van der Waals surface area contributed by atoms with Gasteiger partial charge >= 0.3 is 0 Å². The van der Waals surface area contributed by atoms with Crippen molar-refractivity contribution in [2.24, 2.45) is 0 Å². The summed E-state index contributed by atoms with van der Waals surface area (Å²) in [4.78, 5) is 15.3. The number of thioether (sulfide) groups is 1. The van der Waals surface area contributed by atoms with Gasteiger partial charge in [0.05, 0.1) is 5.75 Å². The molecule has 0 aromatic heterocycles. The van der Waals surface area contributed by atoms with Crippen LogP contribution in [-0.2, 0) is 4.79 Å². The van der Waals surface area contributed by atoms with E-state index < -0.39 is 0 Å². The molecule has 1 aliphatic heterocycles. The Labute approximate surface area is 123 Å². The van der Waals surface area contributed by atoms with Crippen molar-refractivity contribution in [1.29, 1.82) is 0 Å². The second kappa shape index (κ2) is 7.17. The minimum Gasteiger partial charge on any atom is -0.338 e. The number of likely N-dealkylation sites (tertiary alicyclic amines) is 1. The fourth-order valence-electron chi connectivity index (χ4n) is 2.37. The van der Waals surface area contributed by atoms with Crippen LogP contribution in [0.1, 0.15) is 12.8 Å². The molecule has 3 nitrogen and oxygen atoms in total. The molecule has 104 valence electrons. The van der Waals surface area contributed by atoms with Gasteiger partial charge in [0, 0.05) is 29.0 Å². The summed E-state index contributed by atoms with van der Waals surface area (Å²) >= 11 is 7.41. The standard InChI is InChI=1S/C14H19ClN2OS/c1-16-9-12-3-2-8-17(12)14(18)10-19-13-6-4-11(15)5-7-13/h4-7,12,16H,2-3,8-10H2,1H3. The van der Waals surface area contributed by atoms with E-state index in [-0.39, 0.29) is 5.91 Å². The van der Waals surface area contributed by atoms with Gasteiger partial charge in [-0.15, -0.1) is 11.8 Å². The van der Waals surface area contributed by atoms with Crippen molar-refractivity contribution < 1.29 is 4.79 Å². The highest BCUT2D eigenvalue weighted by Crippen LogP contribution is 2.23. The van der Waals surface area contributed by atoms with Crippen LogP contribution in [0.3, 0.4) is 0 Å². The summed E-state index contributed by atoms with van der Waals surface area (Å²) < 4.78 is 0. The second-order valence-electron chi connectivity index (χ2n) is 4.68. The van der Waals surface area contributed by atoms with Crippen molar-refractivity contribution in [2.75, 3.05) is 25.9 Å². The molecule has 1 aromatic rings. The summed E-state index contributed by atoms with van der Waals surface area (Å²) in [5.41, 5.74) is 0. The van der Waals surface area contributed by atoms with Crippen molar-refractivity contribution >= 4 is 29.3 Å². The van der Waals surface area contributed by atoms with Gasteiger partial charge < -0.3 is 10.2 Å². The van der Waals surface area contributed by atoms with Crippen LogP contribution in [0.15, 0.2) is 29.2 Å². The summed E-state index contributed by atoms with van der Waals surface area (Å²) in [7, 11) is 1.93. The smallest absolute Gasteiger partial charge is 0.233 e. The van der Waals surface area contributed by atoms with Crippen LogP contribution in [0, 0.1) is 0 Å². The maximum atomic E-state index is 12.2. The van der Waals surface area contributed by atoms with Crippen LogP contribution in [0.2, 0.25) is 5.02 Å². The van der Waals surface area contributed by atoms with Crippen LogP contribution in [0.5, 0.6) is 0 Å². The quantitative estimate of drug-likeness (QED) is 0.848. The van der Waals surface area contributed by atoms with Gasteiger partial charge in [0.25, 0.3) is 0 Å². The summed E-state index contributed by atoms with van der Waals surface area (Å²) in [6.45, 7) is 1.78. The molecule has 0 bridgehead atoms. The lowest BCUT2D eigenvalue weighted by atomic mass is 10.2. The van der Waals surface area contributed by atoms with E-state index in [1.165, 1.54) is 0 Å². The number of benzene rings is 1. The second-order valence-corrected chi connectivity index (χ2v) is 6.17. The maximum Gasteiger partial charge on any atom is 0.233 e. The third-order valence-electron chi connectivity index (χ3n) is 3.31. The zero-order valence-corrected chi connectivity index (χ0v) is 12.6. The Morgan fingerprint density at radius 3 is 2.89 bits per heavy atom. The van der Waals surface area contributed by atoms with Crippen molar-refractivity contribution in [3.63, 3.8) is 0 Å². The topological polar surface area (TPSA) is 32.3 Å². The van der Waals surface area contributed by atoms with E-state index in [0.717, 1.165) is 35.8 Å². The largest absolute Gasteiger partial charge is 0.338 e. The first-order valence-corrected chi connectivity index (χ1v) is 7.89. The zero-order valence-electron chi connectivity index (χ0n) is 11.1. The Balaban J connectivity index is 1.85. The van der Waals surface area contributed by atoms with Gasteiger partial charge in [-0.05, 0) is 44.2 Å². The lowest BCUT2D eigenvalue weighted by molar-refractivity contribution is -0.129. The van der Waals surface area contributed by atoms with E-state index in [1.807, 2.05) is 36.2 Å². The van der Waals surface area contributed by atoms with Gasteiger partial charge in [0.15, 0.2) is 0 Å². The van der Waals surface area contributed by atoms with E-state index in [0.29, 0.717) is 11.8 Å². The average molecular weight is 299 g/mol. The third-order valence-corrected chi connectivity index (χ3v) is 4.56. The molecule has 5 heteroatoms. The molecule has 0 saturated carbocycles. The first-order valence-electron chi connectivity index (χ1n) is 6.53. The highest BCUT2D eigenvalue weighted by atomic mass is 35.5. The summed E-state index contributed by atoms with van der Waals surface area (Å²) in [5, 5.41) is 3.89. The number of hydrogen-bond donors (Lipinski definition) is 1. The van der Waals surface area contributed by atoms with Crippen molar-refractivity contribution in [1.82, 2.24) is 10.2 Å². The lowest BCUT2D eigenvalue weighted by Gasteiger charge is -2.24. The molecular formula is C14H19ClN2OS. The lowest BCUT2D eigenvalue weighted by Crippen LogP contribution is -2.41. The highest BCUT2D eigenvalue weighted by Gasteiger charge is 2.27. The number of carbonyl (C=O) groups excluding carboxylic acids is 1. The Hall–Kier alpha value is -0.710. The Bertz CT molecular complexity index is 424. The molecule has 1 amide bonds. The molecule has 1 N–H and O–H groups in total. The van der Waals surface area contributed by atoms with E-state index in [4.69, 9.17) is 11.6 Å². The SMILES string of the molecule is CNCC1CCCN1C(=O)CSc1ccc(Cl)cc1. The summed E-state index contributed by atoms with van der Waals surface area (Å²) in [5.74, 6) is 0.736. The van der Waals surface area contributed by atoms with Gasteiger partial charge in [-0.3, -0.25) is 4.79 Å². The Kier molecular flexibility index (Phi) is 5.55. The van der Waals surface area contributed by atoms with Gasteiger partial charge in [-0.1, -0.05) is 11.6 Å². The van der Waals surface area contributed by atoms with Crippen molar-refractivity contribution in [2.45, 2.75) is 23.8 Å². The molecule has 1 heterocycles. The molecule has 0 spiro atoms. The Morgan fingerprint density at radius 2 is 2.21 bits per heavy atom. The fraction of sp³-hybridized carbons (Fsp3) is 0.500. The third kappa shape index (κ3) is 4.13. The minimum atomic E-state index is 0.234. The van der Waals surface area contributed by atoms with Crippen molar-refractivity contribution in [3.05, 3.63) is 29.3 Å². The number of likely N-dealkylation sites (N-methyl/N-ethyl adjacent to an activating group) is 1. The van der Waals surface area contributed by atoms with Gasteiger partial charge in [0.1, 0.15) is 0 Å². The van der Waals surface area contributed by atoms with Gasteiger partial charge in [-0.25, -0.2) is 0 Å². The normalized spacial score (nSPS) is 18.8. The molecule has 2 rings (SSSR count).